The summed E-state index contributed by atoms with van der Waals surface area (Å²) >= 11 is 0. The maximum absolute atomic E-state index is 11.7. The van der Waals surface area contributed by atoms with E-state index in [0.717, 1.165) is 7.11 Å². The molecule has 0 aliphatic rings. The SMILES string of the molecule is COC(=O)c1c([N+](=O)[O-])oc(C)c1/C(C)=N/NC(N)=O. The van der Waals surface area contributed by atoms with Crippen molar-refractivity contribution in [2.24, 2.45) is 10.8 Å². The minimum Gasteiger partial charge on any atom is -0.465 e. The van der Waals surface area contributed by atoms with Crippen molar-refractivity contribution in [3.05, 3.63) is 27.0 Å². The maximum Gasteiger partial charge on any atom is 0.448 e. The minimum atomic E-state index is -0.947. The third-order valence-corrected chi connectivity index (χ3v) is 2.32. The van der Waals surface area contributed by atoms with E-state index in [0.29, 0.717) is 0 Å². The number of carbonyl (C=O) groups excluding carboxylic acids is 2. The molecule has 0 spiro atoms. The third-order valence-electron chi connectivity index (χ3n) is 2.32. The molecule has 0 radical (unpaired) electrons. The average Bonchev–Trinajstić information content (AvgIpc) is 2.72. The van der Waals surface area contributed by atoms with Crippen LogP contribution >= 0.6 is 0 Å². The largest absolute Gasteiger partial charge is 0.465 e. The Morgan fingerprint density at radius 2 is 2.05 bits per heavy atom. The third kappa shape index (κ3) is 2.91. The highest BCUT2D eigenvalue weighted by Crippen LogP contribution is 2.30. The van der Waals surface area contributed by atoms with Crippen LogP contribution in [0, 0.1) is 17.0 Å². The maximum atomic E-state index is 11.7. The van der Waals surface area contributed by atoms with Gasteiger partial charge in [-0.3, -0.25) is 10.1 Å². The van der Waals surface area contributed by atoms with Crippen molar-refractivity contribution in [1.82, 2.24) is 5.43 Å². The van der Waals surface area contributed by atoms with Crippen LogP contribution in [0.1, 0.15) is 28.6 Å². The van der Waals surface area contributed by atoms with E-state index in [2.05, 4.69) is 9.84 Å². The summed E-state index contributed by atoms with van der Waals surface area (Å²) in [5.74, 6) is -1.61. The van der Waals surface area contributed by atoms with E-state index in [9.17, 15) is 19.7 Å². The monoisotopic (exact) mass is 284 g/mol. The van der Waals surface area contributed by atoms with Gasteiger partial charge in [-0.2, -0.15) is 5.10 Å². The van der Waals surface area contributed by atoms with Crippen LogP contribution in [-0.2, 0) is 4.74 Å². The van der Waals surface area contributed by atoms with Crippen LogP contribution in [0.4, 0.5) is 10.7 Å². The molecule has 0 aliphatic heterocycles. The lowest BCUT2D eigenvalue weighted by molar-refractivity contribution is -0.402. The summed E-state index contributed by atoms with van der Waals surface area (Å²) in [4.78, 5) is 32.3. The Morgan fingerprint density at radius 1 is 1.45 bits per heavy atom. The first-order valence-corrected chi connectivity index (χ1v) is 5.25. The lowest BCUT2D eigenvalue weighted by Crippen LogP contribution is -2.25. The number of hydrogen-bond acceptors (Lipinski definition) is 7. The van der Waals surface area contributed by atoms with Gasteiger partial charge >= 0.3 is 17.9 Å². The van der Waals surface area contributed by atoms with Gasteiger partial charge in [0, 0.05) is 0 Å². The van der Waals surface area contributed by atoms with Gasteiger partial charge in [-0.05, 0) is 13.8 Å². The highest BCUT2D eigenvalue weighted by molar-refractivity contribution is 6.10. The number of rotatable bonds is 4. The Balaban J connectivity index is 3.45. The van der Waals surface area contributed by atoms with Crippen LogP contribution in [-0.4, -0.2) is 29.7 Å². The summed E-state index contributed by atoms with van der Waals surface area (Å²) in [6.07, 6.45) is 0. The van der Waals surface area contributed by atoms with E-state index in [1.165, 1.54) is 13.8 Å². The molecule has 3 N–H and O–H groups in total. The Morgan fingerprint density at radius 3 is 2.50 bits per heavy atom. The number of ether oxygens (including phenoxy) is 1. The molecule has 1 aromatic rings. The highest BCUT2D eigenvalue weighted by Gasteiger charge is 2.34. The highest BCUT2D eigenvalue weighted by atomic mass is 16.6. The van der Waals surface area contributed by atoms with Crippen LogP contribution in [0.25, 0.3) is 0 Å². The zero-order valence-corrected chi connectivity index (χ0v) is 10.9. The smallest absolute Gasteiger partial charge is 0.448 e. The molecule has 0 saturated carbocycles. The molecule has 0 aliphatic carbocycles. The first kappa shape index (κ1) is 15.1. The van der Waals surface area contributed by atoms with Crippen LogP contribution in [0.2, 0.25) is 0 Å². The number of aryl methyl sites for hydroxylation is 1. The van der Waals surface area contributed by atoms with E-state index in [1.54, 1.807) is 0 Å². The Kier molecular flexibility index (Phi) is 4.41. The van der Waals surface area contributed by atoms with Crippen molar-refractivity contribution >= 4 is 23.6 Å². The number of nitrogens with two attached hydrogens (primary N) is 1. The van der Waals surface area contributed by atoms with E-state index < -0.39 is 22.8 Å². The summed E-state index contributed by atoms with van der Waals surface area (Å²) in [7, 11) is 1.08. The van der Waals surface area contributed by atoms with E-state index in [1.807, 2.05) is 5.43 Å². The fourth-order valence-electron chi connectivity index (χ4n) is 1.58. The number of primary amides is 1. The Labute approximate surface area is 112 Å². The molecule has 1 rings (SSSR count). The zero-order valence-electron chi connectivity index (χ0n) is 10.9. The molecule has 10 heteroatoms. The van der Waals surface area contributed by atoms with Crippen LogP contribution in [0.5, 0.6) is 0 Å². The van der Waals surface area contributed by atoms with Gasteiger partial charge in [0.25, 0.3) is 0 Å². The number of furan rings is 1. The number of hydrogen-bond donors (Lipinski definition) is 2. The first-order valence-electron chi connectivity index (χ1n) is 5.25. The van der Waals surface area contributed by atoms with Gasteiger partial charge in [0.05, 0.1) is 18.4 Å². The molecule has 10 nitrogen and oxygen atoms in total. The standard InChI is InChI=1S/C10H12N4O6/c1-4(12-13-10(11)16)6-5(2)20-8(14(17)18)7(6)9(15)19-3/h1-3H3,(H3,11,13,16)/b12-4+. The summed E-state index contributed by atoms with van der Waals surface area (Å²) < 4.78 is 9.42. The number of esters is 1. The summed E-state index contributed by atoms with van der Waals surface area (Å²) in [5, 5.41) is 14.5. The molecule has 0 saturated heterocycles. The van der Waals surface area contributed by atoms with Crippen LogP contribution in [0.15, 0.2) is 9.52 Å². The molecule has 2 amide bonds. The Hall–Kier alpha value is -2.91. The van der Waals surface area contributed by atoms with Crippen molar-refractivity contribution in [3.8, 4) is 0 Å². The predicted molar refractivity (Wildman–Crippen MR) is 66.4 cm³/mol. The van der Waals surface area contributed by atoms with Crippen molar-refractivity contribution in [2.75, 3.05) is 7.11 Å². The molecule has 0 bridgehead atoms. The predicted octanol–water partition coefficient (Wildman–Crippen LogP) is 0.675. The van der Waals surface area contributed by atoms with Gasteiger partial charge in [-0.25, -0.2) is 15.0 Å². The number of hydrazone groups is 1. The van der Waals surface area contributed by atoms with Gasteiger partial charge in [-0.15, -0.1) is 0 Å². The van der Waals surface area contributed by atoms with Gasteiger partial charge in [0.1, 0.15) is 10.7 Å². The minimum absolute atomic E-state index is 0.0669. The summed E-state index contributed by atoms with van der Waals surface area (Å²) in [6, 6.07) is -0.917. The molecule has 0 unspecified atom stereocenters. The van der Waals surface area contributed by atoms with Crippen molar-refractivity contribution in [1.29, 1.82) is 0 Å². The second-order valence-corrected chi connectivity index (χ2v) is 3.64. The van der Waals surface area contributed by atoms with Gasteiger partial charge in [0.15, 0.2) is 5.56 Å². The summed E-state index contributed by atoms with van der Waals surface area (Å²) in [6.45, 7) is 2.84. The van der Waals surface area contributed by atoms with Gasteiger partial charge < -0.3 is 14.9 Å². The van der Waals surface area contributed by atoms with E-state index >= 15 is 0 Å². The van der Waals surface area contributed by atoms with Crippen molar-refractivity contribution < 1.29 is 23.7 Å². The molecule has 1 heterocycles. The number of nitro groups is 1. The molecular weight excluding hydrogens is 272 g/mol. The number of methoxy groups -OCH3 is 1. The number of nitrogens with one attached hydrogen (secondary N) is 1. The molecule has 1 aromatic heterocycles. The quantitative estimate of drug-likeness (QED) is 0.359. The topological polar surface area (TPSA) is 150 Å². The number of carbonyl (C=O) groups is 2. The molecule has 0 aromatic carbocycles. The van der Waals surface area contributed by atoms with E-state index in [4.69, 9.17) is 10.2 Å². The zero-order chi connectivity index (χ0) is 15.4. The fraction of sp³-hybridized carbons (Fsp3) is 0.300. The van der Waals surface area contributed by atoms with Gasteiger partial charge in [-0.1, -0.05) is 0 Å². The second-order valence-electron chi connectivity index (χ2n) is 3.64. The molecule has 0 fully saturated rings. The second kappa shape index (κ2) is 5.82. The average molecular weight is 284 g/mol. The molecule has 108 valence electrons. The van der Waals surface area contributed by atoms with E-state index in [-0.39, 0.29) is 22.6 Å². The summed E-state index contributed by atoms with van der Waals surface area (Å²) in [5.41, 5.74) is 6.61. The number of nitrogens with zero attached hydrogens (tertiary/aromatic N) is 2. The van der Waals surface area contributed by atoms with Crippen molar-refractivity contribution in [3.63, 3.8) is 0 Å². The first-order chi connectivity index (χ1) is 9.29. The normalized spacial score (nSPS) is 11.1. The molecule has 0 atom stereocenters. The van der Waals surface area contributed by atoms with Crippen LogP contribution < -0.4 is 11.2 Å². The number of amides is 2. The lowest BCUT2D eigenvalue weighted by atomic mass is 10.1. The van der Waals surface area contributed by atoms with Crippen LogP contribution in [0.3, 0.4) is 0 Å². The Bertz CT molecular complexity index is 603. The molecular formula is C10H12N4O6. The fourth-order valence-corrected chi connectivity index (χ4v) is 1.58. The lowest BCUT2D eigenvalue weighted by Gasteiger charge is -2.01. The molecule has 20 heavy (non-hydrogen) atoms. The number of urea groups is 1. The van der Waals surface area contributed by atoms with Crippen molar-refractivity contribution in [2.45, 2.75) is 13.8 Å². The van der Waals surface area contributed by atoms with Gasteiger partial charge in [0.2, 0.25) is 0 Å².